The zero-order chi connectivity index (χ0) is 22.0. The quantitative estimate of drug-likeness (QED) is 0.363. The van der Waals surface area contributed by atoms with Gasteiger partial charge in [0.2, 0.25) is 0 Å². The molecule has 5 aromatic rings. The van der Waals surface area contributed by atoms with E-state index in [0.717, 1.165) is 58.0 Å². The summed E-state index contributed by atoms with van der Waals surface area (Å²) in [5, 5.41) is 13.9. The summed E-state index contributed by atoms with van der Waals surface area (Å²) in [6.07, 6.45) is 8.73. The van der Waals surface area contributed by atoms with Crippen LogP contribution >= 0.6 is 11.3 Å². The maximum atomic E-state index is 5.82. The lowest BCUT2D eigenvalue weighted by Crippen LogP contribution is -2.24. The van der Waals surface area contributed by atoms with Gasteiger partial charge >= 0.3 is 0 Å². The summed E-state index contributed by atoms with van der Waals surface area (Å²) in [4.78, 5) is 14.7. The number of pyridine rings is 2. The van der Waals surface area contributed by atoms with E-state index in [-0.39, 0.29) is 6.29 Å². The van der Waals surface area contributed by atoms with Crippen LogP contribution in [0.5, 0.6) is 0 Å². The minimum atomic E-state index is -0.0862. The molecule has 1 aliphatic rings. The second-order valence-electron chi connectivity index (χ2n) is 7.88. The van der Waals surface area contributed by atoms with Gasteiger partial charge < -0.3 is 9.47 Å². The molecule has 10 nitrogen and oxygen atoms in total. The molecular formula is C22H22N8O2S. The lowest BCUT2D eigenvalue weighted by atomic mass is 10.2. The molecule has 0 saturated carbocycles. The van der Waals surface area contributed by atoms with Crippen molar-refractivity contribution in [3.05, 3.63) is 47.9 Å². The molecule has 0 aliphatic carbocycles. The Morgan fingerprint density at radius 1 is 1.15 bits per heavy atom. The van der Waals surface area contributed by atoms with Crippen molar-refractivity contribution in [2.75, 3.05) is 13.2 Å². The predicted molar refractivity (Wildman–Crippen MR) is 123 cm³/mol. The fraction of sp³-hybridized carbons (Fsp3) is 0.364. The SMILES string of the molecule is c1cnc2sc(Cn3nnc4ccc(-c5cnn(CCOC6CCCCO6)c5)nc43)nc2c1. The molecule has 6 heterocycles. The molecule has 0 radical (unpaired) electrons. The maximum Gasteiger partial charge on any atom is 0.179 e. The van der Waals surface area contributed by atoms with E-state index in [1.807, 2.05) is 41.3 Å². The van der Waals surface area contributed by atoms with Crippen LogP contribution in [0.4, 0.5) is 0 Å². The summed E-state index contributed by atoms with van der Waals surface area (Å²) in [7, 11) is 0. The molecule has 1 aliphatic heterocycles. The van der Waals surface area contributed by atoms with Gasteiger partial charge in [-0.3, -0.25) is 4.68 Å². The molecule has 5 aromatic heterocycles. The Labute approximate surface area is 193 Å². The largest absolute Gasteiger partial charge is 0.353 e. The normalized spacial score (nSPS) is 16.7. The standard InChI is InChI=1S/C22H22N8O2S/c1-2-10-31-20(5-1)32-11-9-29-13-15(12-24-29)16-6-7-17-21(26-16)30(28-27-17)14-19-25-18-4-3-8-23-22(18)33-19/h3-4,6-8,12-13,20H,1-2,5,9-11,14H2. The van der Waals surface area contributed by atoms with E-state index in [1.54, 1.807) is 22.2 Å². The number of hydrogen-bond acceptors (Lipinski definition) is 9. The zero-order valence-corrected chi connectivity index (χ0v) is 18.7. The van der Waals surface area contributed by atoms with Crippen molar-refractivity contribution in [2.24, 2.45) is 0 Å². The molecule has 1 unspecified atom stereocenters. The van der Waals surface area contributed by atoms with Gasteiger partial charge in [0.25, 0.3) is 0 Å². The van der Waals surface area contributed by atoms with Gasteiger partial charge in [-0.25, -0.2) is 19.6 Å². The topological polar surface area (TPSA) is 106 Å². The monoisotopic (exact) mass is 462 g/mol. The second kappa shape index (κ2) is 8.93. The third-order valence-electron chi connectivity index (χ3n) is 5.55. The molecular weight excluding hydrogens is 440 g/mol. The first kappa shape index (κ1) is 20.3. The van der Waals surface area contributed by atoms with Gasteiger partial charge in [0.1, 0.15) is 20.9 Å². The second-order valence-corrected chi connectivity index (χ2v) is 8.94. The zero-order valence-electron chi connectivity index (χ0n) is 17.9. The summed E-state index contributed by atoms with van der Waals surface area (Å²) in [5.41, 5.74) is 4.10. The average molecular weight is 463 g/mol. The third kappa shape index (κ3) is 4.34. The smallest absolute Gasteiger partial charge is 0.179 e. The van der Waals surface area contributed by atoms with Gasteiger partial charge in [0.05, 0.1) is 31.6 Å². The van der Waals surface area contributed by atoms with E-state index in [0.29, 0.717) is 25.3 Å². The van der Waals surface area contributed by atoms with Crippen LogP contribution in [0.2, 0.25) is 0 Å². The third-order valence-corrected chi connectivity index (χ3v) is 6.51. The predicted octanol–water partition coefficient (Wildman–Crippen LogP) is 3.29. The summed E-state index contributed by atoms with van der Waals surface area (Å²) in [6.45, 7) is 2.50. The lowest BCUT2D eigenvalue weighted by Gasteiger charge is -2.22. The van der Waals surface area contributed by atoms with Gasteiger partial charge in [-0.2, -0.15) is 5.10 Å². The first-order valence-electron chi connectivity index (χ1n) is 11.0. The molecule has 1 atom stereocenters. The molecule has 0 N–H and O–H groups in total. The number of hydrogen-bond donors (Lipinski definition) is 0. The van der Waals surface area contributed by atoms with Crippen molar-refractivity contribution in [3.8, 4) is 11.3 Å². The highest BCUT2D eigenvalue weighted by Crippen LogP contribution is 2.23. The molecule has 0 bridgehead atoms. The number of nitrogens with zero attached hydrogens (tertiary/aromatic N) is 8. The van der Waals surface area contributed by atoms with E-state index in [1.165, 1.54) is 0 Å². The molecule has 11 heteroatoms. The fourth-order valence-electron chi connectivity index (χ4n) is 3.87. The van der Waals surface area contributed by atoms with Crippen molar-refractivity contribution >= 4 is 32.8 Å². The number of rotatable bonds is 7. The molecule has 0 spiro atoms. The summed E-state index contributed by atoms with van der Waals surface area (Å²) in [5.74, 6) is 0. The highest BCUT2D eigenvalue weighted by molar-refractivity contribution is 7.18. The van der Waals surface area contributed by atoms with Gasteiger partial charge in [0.15, 0.2) is 11.9 Å². The van der Waals surface area contributed by atoms with Crippen LogP contribution in [0.3, 0.4) is 0 Å². The summed E-state index contributed by atoms with van der Waals surface area (Å²) in [6, 6.07) is 7.72. The van der Waals surface area contributed by atoms with Crippen LogP contribution in [0.1, 0.15) is 24.3 Å². The number of fused-ring (bicyclic) bond motifs is 2. The number of ether oxygens (including phenoxy) is 2. The van der Waals surface area contributed by atoms with Gasteiger partial charge in [-0.1, -0.05) is 16.6 Å². The summed E-state index contributed by atoms with van der Waals surface area (Å²) < 4.78 is 15.1. The van der Waals surface area contributed by atoms with E-state index in [4.69, 9.17) is 14.5 Å². The molecule has 1 fully saturated rings. The van der Waals surface area contributed by atoms with Crippen molar-refractivity contribution in [3.63, 3.8) is 0 Å². The maximum absolute atomic E-state index is 5.82. The Balaban J connectivity index is 1.17. The molecule has 33 heavy (non-hydrogen) atoms. The van der Waals surface area contributed by atoms with Crippen molar-refractivity contribution in [1.29, 1.82) is 0 Å². The average Bonchev–Trinajstić information content (AvgIpc) is 3.58. The molecule has 0 amide bonds. The minimum Gasteiger partial charge on any atom is -0.353 e. The van der Waals surface area contributed by atoms with E-state index in [9.17, 15) is 0 Å². The highest BCUT2D eigenvalue weighted by atomic mass is 32.1. The highest BCUT2D eigenvalue weighted by Gasteiger charge is 2.15. The Bertz CT molecular complexity index is 1350. The Hall–Kier alpha value is -3.28. The van der Waals surface area contributed by atoms with Crippen molar-refractivity contribution in [2.45, 2.75) is 38.6 Å². The minimum absolute atomic E-state index is 0.0862. The summed E-state index contributed by atoms with van der Waals surface area (Å²) >= 11 is 1.55. The van der Waals surface area contributed by atoms with Gasteiger partial charge in [-0.15, -0.1) is 5.10 Å². The Morgan fingerprint density at radius 2 is 2.15 bits per heavy atom. The van der Waals surface area contributed by atoms with E-state index in [2.05, 4.69) is 25.4 Å². The van der Waals surface area contributed by atoms with E-state index < -0.39 is 0 Å². The van der Waals surface area contributed by atoms with Crippen LogP contribution in [0.25, 0.3) is 32.8 Å². The number of aromatic nitrogens is 8. The van der Waals surface area contributed by atoms with Crippen LogP contribution in [-0.4, -0.2) is 59.2 Å². The Morgan fingerprint density at radius 3 is 3.06 bits per heavy atom. The molecule has 0 aromatic carbocycles. The first-order chi connectivity index (χ1) is 16.3. The lowest BCUT2D eigenvalue weighted by molar-refractivity contribution is -0.163. The van der Waals surface area contributed by atoms with Gasteiger partial charge in [0, 0.05) is 24.6 Å². The van der Waals surface area contributed by atoms with Crippen LogP contribution < -0.4 is 0 Å². The van der Waals surface area contributed by atoms with Crippen LogP contribution in [0, 0.1) is 0 Å². The molecule has 1 saturated heterocycles. The van der Waals surface area contributed by atoms with E-state index >= 15 is 0 Å². The molecule has 168 valence electrons. The van der Waals surface area contributed by atoms with Crippen LogP contribution in [0.15, 0.2) is 42.9 Å². The van der Waals surface area contributed by atoms with Crippen LogP contribution in [-0.2, 0) is 22.6 Å². The first-order valence-corrected chi connectivity index (χ1v) is 11.8. The van der Waals surface area contributed by atoms with Gasteiger partial charge in [-0.05, 0) is 43.5 Å². The van der Waals surface area contributed by atoms with Crippen molar-refractivity contribution < 1.29 is 9.47 Å². The Kier molecular flexibility index (Phi) is 5.50. The van der Waals surface area contributed by atoms with Crippen molar-refractivity contribution in [1.82, 2.24) is 39.7 Å². The number of thiazole rings is 1. The fourth-order valence-corrected chi connectivity index (χ4v) is 4.76. The molecule has 6 rings (SSSR count).